The van der Waals surface area contributed by atoms with Crippen LogP contribution in [0.1, 0.15) is 19.5 Å². The van der Waals surface area contributed by atoms with Crippen molar-refractivity contribution in [2.75, 3.05) is 5.32 Å². The van der Waals surface area contributed by atoms with Gasteiger partial charge in [-0.1, -0.05) is 37.6 Å². The minimum atomic E-state index is 0.574. The average Bonchev–Trinajstić information content (AvgIpc) is 2.61. The van der Waals surface area contributed by atoms with E-state index in [2.05, 4.69) is 34.9 Å². The predicted octanol–water partition coefficient (Wildman–Crippen LogP) is 4.24. The van der Waals surface area contributed by atoms with Crippen LogP contribution in [0.3, 0.4) is 0 Å². The molecule has 96 valence electrons. The van der Waals surface area contributed by atoms with Crippen molar-refractivity contribution in [3.05, 3.63) is 41.2 Å². The summed E-state index contributed by atoms with van der Waals surface area (Å²) in [6.45, 7) is 7.31. The third-order valence-corrected chi connectivity index (χ3v) is 2.91. The number of hydrogen-bond donors (Lipinski definition) is 1. The van der Waals surface area contributed by atoms with Gasteiger partial charge in [-0.2, -0.15) is 0 Å². The van der Waals surface area contributed by atoms with Crippen molar-refractivity contribution in [2.45, 2.75) is 27.3 Å². The van der Waals surface area contributed by atoms with E-state index in [1.807, 2.05) is 31.2 Å². The molecule has 18 heavy (non-hydrogen) atoms. The molecule has 1 N–H and O–H groups in total. The number of aromatic nitrogens is 2. The monoisotopic (exact) mass is 263 g/mol. The van der Waals surface area contributed by atoms with E-state index in [1.54, 1.807) is 0 Å². The molecule has 0 aliphatic rings. The zero-order valence-corrected chi connectivity index (χ0v) is 11.7. The van der Waals surface area contributed by atoms with Gasteiger partial charge in [-0.25, -0.2) is 4.98 Å². The van der Waals surface area contributed by atoms with E-state index < -0.39 is 0 Å². The van der Waals surface area contributed by atoms with Crippen LogP contribution in [0.15, 0.2) is 30.5 Å². The minimum Gasteiger partial charge on any atom is -0.324 e. The standard InChI is InChI=1S/C14H18ClN3/c1-10(2)8-18-9-11(3)16-14(18)17-13-7-5-4-6-12(13)15/h4-7,9-10H,8H2,1-3H3,(H,16,17). The molecule has 0 saturated carbocycles. The smallest absolute Gasteiger partial charge is 0.207 e. The summed E-state index contributed by atoms with van der Waals surface area (Å²) in [5, 5.41) is 3.99. The van der Waals surface area contributed by atoms with Gasteiger partial charge in [0.15, 0.2) is 0 Å². The molecule has 1 aromatic carbocycles. The highest BCUT2D eigenvalue weighted by Crippen LogP contribution is 2.24. The first-order chi connectivity index (χ1) is 8.56. The molecule has 0 spiro atoms. The van der Waals surface area contributed by atoms with Crippen LogP contribution in [0.5, 0.6) is 0 Å². The summed E-state index contributed by atoms with van der Waals surface area (Å²) in [6, 6.07) is 7.69. The Labute approximate surface area is 113 Å². The Morgan fingerprint density at radius 1 is 1.33 bits per heavy atom. The average molecular weight is 264 g/mol. The Balaban J connectivity index is 2.26. The van der Waals surface area contributed by atoms with Crippen LogP contribution in [0.4, 0.5) is 11.6 Å². The molecule has 0 radical (unpaired) electrons. The van der Waals surface area contributed by atoms with Crippen molar-refractivity contribution >= 4 is 23.2 Å². The predicted molar refractivity (Wildman–Crippen MR) is 76.5 cm³/mol. The molecule has 0 aliphatic carbocycles. The van der Waals surface area contributed by atoms with Crippen LogP contribution in [0.25, 0.3) is 0 Å². The number of nitrogens with one attached hydrogen (secondary N) is 1. The molecule has 0 amide bonds. The summed E-state index contributed by atoms with van der Waals surface area (Å²) in [4.78, 5) is 4.49. The molecule has 0 unspecified atom stereocenters. The van der Waals surface area contributed by atoms with Gasteiger partial charge in [0.1, 0.15) is 0 Å². The fraction of sp³-hybridized carbons (Fsp3) is 0.357. The van der Waals surface area contributed by atoms with E-state index in [-0.39, 0.29) is 0 Å². The van der Waals surface area contributed by atoms with Crippen molar-refractivity contribution < 1.29 is 0 Å². The molecule has 0 bridgehead atoms. The van der Waals surface area contributed by atoms with Crippen LogP contribution in [0.2, 0.25) is 5.02 Å². The molecular weight excluding hydrogens is 246 g/mol. The number of anilines is 2. The molecule has 0 atom stereocenters. The van der Waals surface area contributed by atoms with Crippen molar-refractivity contribution in [3.63, 3.8) is 0 Å². The molecule has 0 saturated heterocycles. The summed E-state index contributed by atoms with van der Waals surface area (Å²) < 4.78 is 2.13. The van der Waals surface area contributed by atoms with Crippen molar-refractivity contribution in [3.8, 4) is 0 Å². The highest BCUT2D eigenvalue weighted by molar-refractivity contribution is 6.33. The summed E-state index contributed by atoms with van der Waals surface area (Å²) >= 11 is 6.14. The Bertz CT molecular complexity index is 532. The number of para-hydroxylation sites is 1. The number of rotatable bonds is 4. The first-order valence-corrected chi connectivity index (χ1v) is 6.49. The second-order valence-corrected chi connectivity index (χ2v) is 5.26. The van der Waals surface area contributed by atoms with Gasteiger partial charge in [0.25, 0.3) is 0 Å². The van der Waals surface area contributed by atoms with Gasteiger partial charge >= 0.3 is 0 Å². The number of halogens is 1. The fourth-order valence-electron chi connectivity index (χ4n) is 1.86. The van der Waals surface area contributed by atoms with Crippen LogP contribution in [0, 0.1) is 12.8 Å². The van der Waals surface area contributed by atoms with E-state index in [9.17, 15) is 0 Å². The number of imidazole rings is 1. The minimum absolute atomic E-state index is 0.574. The van der Waals surface area contributed by atoms with Gasteiger partial charge < -0.3 is 9.88 Å². The first-order valence-electron chi connectivity index (χ1n) is 6.11. The van der Waals surface area contributed by atoms with Gasteiger partial charge in [-0.15, -0.1) is 0 Å². The zero-order chi connectivity index (χ0) is 13.1. The van der Waals surface area contributed by atoms with E-state index in [1.165, 1.54) is 0 Å². The van der Waals surface area contributed by atoms with Crippen molar-refractivity contribution in [2.24, 2.45) is 5.92 Å². The zero-order valence-electron chi connectivity index (χ0n) is 10.9. The number of nitrogens with zero attached hydrogens (tertiary/aromatic N) is 2. The molecule has 1 aromatic heterocycles. The number of hydrogen-bond acceptors (Lipinski definition) is 2. The summed E-state index contributed by atoms with van der Waals surface area (Å²) in [6.07, 6.45) is 2.05. The van der Waals surface area contributed by atoms with Gasteiger partial charge in [-0.3, -0.25) is 0 Å². The third-order valence-electron chi connectivity index (χ3n) is 2.58. The van der Waals surface area contributed by atoms with Gasteiger partial charge in [0, 0.05) is 12.7 Å². The molecule has 1 heterocycles. The summed E-state index contributed by atoms with van der Waals surface area (Å²) in [7, 11) is 0. The van der Waals surface area contributed by atoms with Gasteiger partial charge in [-0.05, 0) is 25.0 Å². The maximum absolute atomic E-state index is 6.14. The van der Waals surface area contributed by atoms with Crippen LogP contribution in [-0.4, -0.2) is 9.55 Å². The maximum atomic E-state index is 6.14. The van der Waals surface area contributed by atoms with Crippen molar-refractivity contribution in [1.29, 1.82) is 0 Å². The Morgan fingerprint density at radius 2 is 2.06 bits per heavy atom. The van der Waals surface area contributed by atoms with Gasteiger partial charge in [0.2, 0.25) is 5.95 Å². The lowest BCUT2D eigenvalue weighted by atomic mass is 10.2. The molecule has 0 fully saturated rings. The lowest BCUT2D eigenvalue weighted by Gasteiger charge is -2.12. The number of benzene rings is 1. The van der Waals surface area contributed by atoms with E-state index in [0.29, 0.717) is 10.9 Å². The largest absolute Gasteiger partial charge is 0.324 e. The second kappa shape index (κ2) is 5.44. The Morgan fingerprint density at radius 3 is 2.72 bits per heavy atom. The molecule has 4 heteroatoms. The van der Waals surface area contributed by atoms with Crippen LogP contribution in [-0.2, 0) is 6.54 Å². The second-order valence-electron chi connectivity index (χ2n) is 4.86. The topological polar surface area (TPSA) is 29.9 Å². The number of aryl methyl sites for hydroxylation is 1. The van der Waals surface area contributed by atoms with Crippen LogP contribution >= 0.6 is 11.6 Å². The Hall–Kier alpha value is -1.48. The highest BCUT2D eigenvalue weighted by Gasteiger charge is 2.08. The lowest BCUT2D eigenvalue weighted by molar-refractivity contribution is 0.527. The van der Waals surface area contributed by atoms with E-state index >= 15 is 0 Å². The molecule has 3 nitrogen and oxygen atoms in total. The van der Waals surface area contributed by atoms with E-state index in [0.717, 1.165) is 23.9 Å². The molecule has 0 aliphatic heterocycles. The summed E-state index contributed by atoms with van der Waals surface area (Å²) in [5.74, 6) is 1.42. The maximum Gasteiger partial charge on any atom is 0.207 e. The fourth-order valence-corrected chi connectivity index (χ4v) is 2.05. The Kier molecular flexibility index (Phi) is 3.92. The SMILES string of the molecule is Cc1cn(CC(C)C)c(Nc2ccccc2Cl)n1. The summed E-state index contributed by atoms with van der Waals surface area (Å²) in [5.41, 5.74) is 1.89. The molecule has 2 aromatic rings. The van der Waals surface area contributed by atoms with Crippen molar-refractivity contribution in [1.82, 2.24) is 9.55 Å². The highest BCUT2D eigenvalue weighted by atomic mass is 35.5. The third kappa shape index (κ3) is 3.05. The normalized spacial score (nSPS) is 10.9. The van der Waals surface area contributed by atoms with Gasteiger partial charge in [0.05, 0.1) is 16.4 Å². The van der Waals surface area contributed by atoms with Crippen LogP contribution < -0.4 is 5.32 Å². The molecular formula is C14H18ClN3. The first kappa shape index (κ1) is 13.0. The lowest BCUT2D eigenvalue weighted by Crippen LogP contribution is -2.07. The van der Waals surface area contributed by atoms with E-state index in [4.69, 9.17) is 11.6 Å². The molecule has 2 rings (SSSR count). The quantitative estimate of drug-likeness (QED) is 0.894.